The van der Waals surface area contributed by atoms with E-state index in [1.54, 1.807) is 23.1 Å². The Bertz CT molecular complexity index is 756. The van der Waals surface area contributed by atoms with Crippen LogP contribution >= 0.6 is 23.1 Å². The smallest absolute Gasteiger partial charge is 0.319 e. The molecule has 1 saturated heterocycles. The van der Waals surface area contributed by atoms with E-state index in [0.717, 1.165) is 34.9 Å². The van der Waals surface area contributed by atoms with Gasteiger partial charge in [0.1, 0.15) is 27.0 Å². The molecule has 2 aromatic rings. The number of thioether (sulfide) groups is 1. The molecule has 0 bridgehead atoms. The molecule has 0 radical (unpaired) electrons. The molecule has 6 heteroatoms. The zero-order valence-electron chi connectivity index (χ0n) is 12.7. The summed E-state index contributed by atoms with van der Waals surface area (Å²) in [7, 11) is 0. The largest absolute Gasteiger partial charge is 0.462 e. The fourth-order valence-corrected chi connectivity index (χ4v) is 5.94. The topological polar surface area (TPSA) is 52.1 Å². The third-order valence-electron chi connectivity index (χ3n) is 4.27. The lowest BCUT2D eigenvalue weighted by Gasteiger charge is -2.12. The molecule has 0 N–H and O–H groups in total. The third-order valence-corrected chi connectivity index (χ3v) is 6.65. The predicted molar refractivity (Wildman–Crippen MR) is 88.6 cm³/mol. The van der Waals surface area contributed by atoms with Crippen LogP contribution < -0.4 is 0 Å². The van der Waals surface area contributed by atoms with Gasteiger partial charge in [-0.15, -0.1) is 11.3 Å². The number of ether oxygens (including phenoxy) is 1. The second kappa shape index (κ2) is 5.49. The highest BCUT2D eigenvalue weighted by atomic mass is 32.2. The van der Waals surface area contributed by atoms with Crippen molar-refractivity contribution in [2.45, 2.75) is 62.3 Å². The van der Waals surface area contributed by atoms with Gasteiger partial charge in [-0.1, -0.05) is 11.8 Å². The Morgan fingerprint density at radius 2 is 2.09 bits per heavy atom. The normalized spacial score (nSPS) is 24.5. The number of thiophene rings is 1. The Kier molecular flexibility index (Phi) is 3.61. The van der Waals surface area contributed by atoms with E-state index in [4.69, 9.17) is 4.74 Å². The predicted octanol–water partition coefficient (Wildman–Crippen LogP) is 3.67. The van der Waals surface area contributed by atoms with E-state index < -0.39 is 0 Å². The number of aryl methyl sites for hydroxylation is 3. The Labute approximate surface area is 137 Å². The van der Waals surface area contributed by atoms with Gasteiger partial charge >= 0.3 is 5.97 Å². The van der Waals surface area contributed by atoms with Gasteiger partial charge in [0.05, 0.1) is 0 Å². The van der Waals surface area contributed by atoms with Crippen molar-refractivity contribution < 1.29 is 9.53 Å². The summed E-state index contributed by atoms with van der Waals surface area (Å²) in [6.07, 6.45) is 5.55. The van der Waals surface area contributed by atoms with Crippen molar-refractivity contribution in [2.75, 3.05) is 0 Å². The third kappa shape index (κ3) is 2.42. The van der Waals surface area contributed by atoms with Crippen molar-refractivity contribution >= 4 is 39.3 Å². The van der Waals surface area contributed by atoms with Crippen LogP contribution in [0.15, 0.2) is 5.03 Å². The molecule has 2 aliphatic rings. The maximum atomic E-state index is 12.0. The van der Waals surface area contributed by atoms with Crippen LogP contribution in [0.2, 0.25) is 0 Å². The highest BCUT2D eigenvalue weighted by Gasteiger charge is 2.34. The van der Waals surface area contributed by atoms with Gasteiger partial charge in [-0.3, -0.25) is 4.79 Å². The number of aromatic nitrogens is 2. The molecule has 0 unspecified atom stereocenters. The maximum Gasteiger partial charge on any atom is 0.319 e. The molecule has 4 nitrogen and oxygen atoms in total. The van der Waals surface area contributed by atoms with Crippen LogP contribution in [0.25, 0.3) is 10.2 Å². The summed E-state index contributed by atoms with van der Waals surface area (Å²) in [5.41, 5.74) is 1.42. The number of hydrogen-bond acceptors (Lipinski definition) is 6. The van der Waals surface area contributed by atoms with Gasteiger partial charge in [0.2, 0.25) is 0 Å². The van der Waals surface area contributed by atoms with Crippen LogP contribution in [0.5, 0.6) is 0 Å². The lowest BCUT2D eigenvalue weighted by atomic mass is 9.97. The Morgan fingerprint density at radius 3 is 2.86 bits per heavy atom. The van der Waals surface area contributed by atoms with Gasteiger partial charge in [0, 0.05) is 16.7 Å². The first-order valence-corrected chi connectivity index (χ1v) is 9.47. The van der Waals surface area contributed by atoms with Crippen molar-refractivity contribution in [2.24, 2.45) is 0 Å². The van der Waals surface area contributed by atoms with E-state index in [0.29, 0.717) is 0 Å². The molecule has 0 saturated carbocycles. The molecule has 3 heterocycles. The Hall–Kier alpha value is -1.14. The number of hydrogen-bond donors (Lipinski definition) is 0. The van der Waals surface area contributed by atoms with Crippen LogP contribution in [0.4, 0.5) is 0 Å². The molecule has 0 amide bonds. The van der Waals surface area contributed by atoms with Crippen LogP contribution in [-0.2, 0) is 22.4 Å². The Morgan fingerprint density at radius 1 is 1.27 bits per heavy atom. The number of carbonyl (C=O) groups is 1. The zero-order chi connectivity index (χ0) is 15.3. The number of esters is 1. The first-order valence-electron chi connectivity index (χ1n) is 7.78. The summed E-state index contributed by atoms with van der Waals surface area (Å²) in [5, 5.41) is 2.03. The summed E-state index contributed by atoms with van der Waals surface area (Å²) in [5.74, 6) is 0.680. The first kappa shape index (κ1) is 14.5. The average molecular weight is 334 g/mol. The van der Waals surface area contributed by atoms with Gasteiger partial charge in [0.25, 0.3) is 0 Å². The molecule has 116 valence electrons. The fourth-order valence-electron chi connectivity index (χ4n) is 3.26. The second-order valence-corrected chi connectivity index (χ2v) is 8.33. The molecular formula is C16H18N2O2S2. The van der Waals surface area contributed by atoms with E-state index in [2.05, 4.69) is 9.97 Å². The summed E-state index contributed by atoms with van der Waals surface area (Å²) in [6, 6.07) is 0. The fraction of sp³-hybridized carbons (Fsp3) is 0.562. The SMILES string of the molecule is Cc1nc(S[C@@H]2C[C@H](C)OC2=O)c2c3c(sc2n1)CCCC3. The number of cyclic esters (lactones) is 1. The summed E-state index contributed by atoms with van der Waals surface area (Å²) in [6.45, 7) is 3.88. The van der Waals surface area contributed by atoms with Gasteiger partial charge < -0.3 is 4.74 Å². The molecule has 2 aromatic heterocycles. The molecule has 4 rings (SSSR count). The average Bonchev–Trinajstić information content (AvgIpc) is 2.98. The van der Waals surface area contributed by atoms with Crippen molar-refractivity contribution in [1.82, 2.24) is 9.97 Å². The van der Waals surface area contributed by atoms with Gasteiger partial charge in [0.15, 0.2) is 0 Å². The van der Waals surface area contributed by atoms with Crippen molar-refractivity contribution in [3.63, 3.8) is 0 Å². The minimum absolute atomic E-state index is 0.0137. The van der Waals surface area contributed by atoms with Crippen molar-refractivity contribution in [3.05, 3.63) is 16.3 Å². The van der Waals surface area contributed by atoms with Gasteiger partial charge in [-0.05, 0) is 45.1 Å². The standard InChI is InChI=1S/C16H18N2O2S2/c1-8-7-12(16(19)20-8)22-15-13-10-5-3-4-6-11(10)21-14(13)17-9(2)18-15/h8,12H,3-7H2,1-2H3/t8-,12+/m0/s1. The van der Waals surface area contributed by atoms with Crippen LogP contribution in [0, 0.1) is 6.92 Å². The minimum Gasteiger partial charge on any atom is -0.462 e. The summed E-state index contributed by atoms with van der Waals surface area (Å²) in [4.78, 5) is 23.8. The van der Waals surface area contributed by atoms with E-state index in [1.165, 1.54) is 28.7 Å². The quantitative estimate of drug-likeness (QED) is 0.619. The highest BCUT2D eigenvalue weighted by Crippen LogP contribution is 2.42. The zero-order valence-corrected chi connectivity index (χ0v) is 14.4. The monoisotopic (exact) mass is 334 g/mol. The number of fused-ring (bicyclic) bond motifs is 3. The molecule has 0 spiro atoms. The lowest BCUT2D eigenvalue weighted by Crippen LogP contribution is -2.10. The van der Waals surface area contributed by atoms with Crippen molar-refractivity contribution in [1.29, 1.82) is 0 Å². The summed E-state index contributed by atoms with van der Waals surface area (Å²) < 4.78 is 5.28. The molecule has 2 atom stereocenters. The van der Waals surface area contributed by atoms with E-state index in [1.807, 2.05) is 13.8 Å². The van der Waals surface area contributed by atoms with Gasteiger partial charge in [-0.2, -0.15) is 0 Å². The first-order chi connectivity index (χ1) is 10.6. The molecule has 22 heavy (non-hydrogen) atoms. The van der Waals surface area contributed by atoms with E-state index in [-0.39, 0.29) is 17.3 Å². The molecule has 1 aliphatic carbocycles. The molecule has 1 aliphatic heterocycles. The van der Waals surface area contributed by atoms with Crippen molar-refractivity contribution in [3.8, 4) is 0 Å². The lowest BCUT2D eigenvalue weighted by molar-refractivity contribution is -0.140. The van der Waals surface area contributed by atoms with E-state index >= 15 is 0 Å². The van der Waals surface area contributed by atoms with E-state index in [9.17, 15) is 4.79 Å². The van der Waals surface area contributed by atoms with Crippen LogP contribution in [-0.4, -0.2) is 27.3 Å². The number of rotatable bonds is 2. The number of carbonyl (C=O) groups excluding carboxylic acids is 1. The second-order valence-electron chi connectivity index (χ2n) is 6.06. The van der Waals surface area contributed by atoms with Gasteiger partial charge in [-0.25, -0.2) is 9.97 Å². The minimum atomic E-state index is -0.133. The molecular weight excluding hydrogens is 316 g/mol. The van der Waals surface area contributed by atoms with Crippen LogP contribution in [0.3, 0.4) is 0 Å². The highest BCUT2D eigenvalue weighted by molar-refractivity contribution is 8.00. The molecule has 0 aromatic carbocycles. The summed E-state index contributed by atoms with van der Waals surface area (Å²) >= 11 is 3.37. The molecule has 1 fully saturated rings. The van der Waals surface area contributed by atoms with Crippen LogP contribution in [0.1, 0.15) is 42.5 Å². The maximum absolute atomic E-state index is 12.0. The Balaban J connectivity index is 1.79. The number of nitrogens with zero attached hydrogens (tertiary/aromatic N) is 2.